The van der Waals surface area contributed by atoms with E-state index in [0.717, 1.165) is 38.1 Å². The fourth-order valence-electron chi connectivity index (χ4n) is 2.84. The molecule has 2 heteroatoms. The second-order valence-electron chi connectivity index (χ2n) is 5.79. The van der Waals surface area contributed by atoms with Crippen LogP contribution >= 0.6 is 0 Å². The Hall–Kier alpha value is -0.520. The fourth-order valence-corrected chi connectivity index (χ4v) is 2.84. The van der Waals surface area contributed by atoms with Gasteiger partial charge in [-0.05, 0) is 50.4 Å². The maximum Gasteiger partial charge on any atom is 0.0494 e. The predicted molar refractivity (Wildman–Crippen MR) is 80.1 cm³/mol. The van der Waals surface area contributed by atoms with E-state index >= 15 is 0 Å². The Balaban J connectivity index is 1.87. The molecule has 0 heterocycles. The zero-order valence-electron chi connectivity index (χ0n) is 12.5. The summed E-state index contributed by atoms with van der Waals surface area (Å²) < 4.78 is 11.0. The molecule has 0 amide bonds. The molecule has 0 spiro atoms. The molecule has 0 radical (unpaired) electrons. The van der Waals surface area contributed by atoms with E-state index in [1.807, 2.05) is 0 Å². The second-order valence-corrected chi connectivity index (χ2v) is 5.79. The van der Waals surface area contributed by atoms with Crippen LogP contribution in [0.3, 0.4) is 0 Å². The topological polar surface area (TPSA) is 18.5 Å². The summed E-state index contributed by atoms with van der Waals surface area (Å²) in [7, 11) is 1.80. The summed E-state index contributed by atoms with van der Waals surface area (Å²) in [6.45, 7) is 2.82. The van der Waals surface area contributed by atoms with Crippen LogP contribution in [0.4, 0.5) is 0 Å². The molecule has 0 aromatic heterocycles. The summed E-state index contributed by atoms with van der Waals surface area (Å²) in [4.78, 5) is 0. The average molecular weight is 266 g/mol. The van der Waals surface area contributed by atoms with Crippen LogP contribution in [-0.2, 0) is 9.47 Å². The minimum Gasteiger partial charge on any atom is -0.384 e. The predicted octanol–water partition coefficient (Wildman–Crippen LogP) is 4.04. The molecule has 0 aliphatic heterocycles. The SMILES string of the molecule is C#CCCCCCCOC[C@H]1CC[C@H](COC)CC1. The molecule has 1 saturated carbocycles. The van der Waals surface area contributed by atoms with Crippen LogP contribution in [0.15, 0.2) is 0 Å². The number of rotatable bonds is 10. The third-order valence-corrected chi connectivity index (χ3v) is 4.08. The van der Waals surface area contributed by atoms with Gasteiger partial charge in [0.2, 0.25) is 0 Å². The number of ether oxygens (including phenoxy) is 2. The van der Waals surface area contributed by atoms with E-state index in [2.05, 4.69) is 5.92 Å². The number of unbranched alkanes of at least 4 members (excludes halogenated alkanes) is 4. The first-order valence-electron chi connectivity index (χ1n) is 7.87. The minimum atomic E-state index is 0.787. The summed E-state index contributed by atoms with van der Waals surface area (Å²) in [6.07, 6.45) is 16.2. The van der Waals surface area contributed by atoms with Gasteiger partial charge in [0, 0.05) is 33.4 Å². The number of methoxy groups -OCH3 is 1. The van der Waals surface area contributed by atoms with Gasteiger partial charge in [-0.2, -0.15) is 0 Å². The molecule has 2 nitrogen and oxygen atoms in total. The number of hydrogen-bond donors (Lipinski definition) is 0. The Morgan fingerprint density at radius 2 is 1.58 bits per heavy atom. The summed E-state index contributed by atoms with van der Waals surface area (Å²) in [6, 6.07) is 0. The van der Waals surface area contributed by atoms with E-state index in [9.17, 15) is 0 Å². The Kier molecular flexibility index (Phi) is 9.85. The maximum absolute atomic E-state index is 5.80. The fraction of sp³-hybridized carbons (Fsp3) is 0.882. The van der Waals surface area contributed by atoms with Crippen molar-refractivity contribution in [3.8, 4) is 12.3 Å². The molecular formula is C17H30O2. The van der Waals surface area contributed by atoms with Crippen LogP contribution in [0, 0.1) is 24.2 Å². The third kappa shape index (κ3) is 8.29. The Bertz CT molecular complexity index is 236. The molecular weight excluding hydrogens is 236 g/mol. The van der Waals surface area contributed by atoms with Crippen molar-refractivity contribution in [2.75, 3.05) is 26.9 Å². The Morgan fingerprint density at radius 1 is 0.947 bits per heavy atom. The summed E-state index contributed by atoms with van der Waals surface area (Å²) in [5, 5.41) is 0. The van der Waals surface area contributed by atoms with Crippen LogP contribution in [0.5, 0.6) is 0 Å². The first-order chi connectivity index (χ1) is 9.36. The maximum atomic E-state index is 5.80. The number of terminal acetylenes is 1. The molecule has 0 bridgehead atoms. The third-order valence-electron chi connectivity index (χ3n) is 4.08. The van der Waals surface area contributed by atoms with Gasteiger partial charge in [-0.3, -0.25) is 0 Å². The first kappa shape index (κ1) is 16.5. The normalized spacial score (nSPS) is 23.2. The standard InChI is InChI=1S/C17H30O2/c1-3-4-5-6-7-8-13-19-15-17-11-9-16(10-12-17)14-18-2/h1,16-17H,4-15H2,2H3/t16-,17-. The highest BCUT2D eigenvalue weighted by molar-refractivity contribution is 4.82. The summed E-state index contributed by atoms with van der Waals surface area (Å²) >= 11 is 0. The van der Waals surface area contributed by atoms with Crippen molar-refractivity contribution < 1.29 is 9.47 Å². The van der Waals surface area contributed by atoms with Gasteiger partial charge in [-0.15, -0.1) is 12.3 Å². The molecule has 1 rings (SSSR count). The molecule has 1 aliphatic carbocycles. The van der Waals surface area contributed by atoms with E-state index in [4.69, 9.17) is 15.9 Å². The highest BCUT2D eigenvalue weighted by atomic mass is 16.5. The molecule has 0 N–H and O–H groups in total. The van der Waals surface area contributed by atoms with Crippen molar-refractivity contribution in [2.24, 2.45) is 11.8 Å². The lowest BCUT2D eigenvalue weighted by Crippen LogP contribution is -2.21. The van der Waals surface area contributed by atoms with E-state index in [0.29, 0.717) is 0 Å². The van der Waals surface area contributed by atoms with Gasteiger partial charge in [0.25, 0.3) is 0 Å². The second kappa shape index (κ2) is 11.3. The summed E-state index contributed by atoms with van der Waals surface area (Å²) in [5.74, 6) is 4.26. The van der Waals surface area contributed by atoms with Crippen LogP contribution in [0.1, 0.15) is 57.8 Å². The van der Waals surface area contributed by atoms with E-state index in [1.165, 1.54) is 51.4 Å². The Morgan fingerprint density at radius 3 is 2.21 bits per heavy atom. The van der Waals surface area contributed by atoms with Crippen molar-refractivity contribution in [3.05, 3.63) is 0 Å². The number of hydrogen-bond acceptors (Lipinski definition) is 2. The molecule has 110 valence electrons. The highest BCUT2D eigenvalue weighted by Gasteiger charge is 2.20. The van der Waals surface area contributed by atoms with Gasteiger partial charge in [0.1, 0.15) is 0 Å². The van der Waals surface area contributed by atoms with Crippen molar-refractivity contribution in [1.29, 1.82) is 0 Å². The summed E-state index contributed by atoms with van der Waals surface area (Å²) in [5.41, 5.74) is 0. The molecule has 19 heavy (non-hydrogen) atoms. The average Bonchev–Trinajstić information content (AvgIpc) is 2.44. The molecule has 0 unspecified atom stereocenters. The molecule has 1 aliphatic rings. The van der Waals surface area contributed by atoms with Crippen LogP contribution < -0.4 is 0 Å². The van der Waals surface area contributed by atoms with Crippen LogP contribution in [0.2, 0.25) is 0 Å². The lowest BCUT2D eigenvalue weighted by atomic mass is 9.83. The van der Waals surface area contributed by atoms with Gasteiger partial charge in [-0.1, -0.05) is 12.8 Å². The molecule has 1 fully saturated rings. The Labute approximate surface area is 119 Å². The van der Waals surface area contributed by atoms with Crippen molar-refractivity contribution in [1.82, 2.24) is 0 Å². The van der Waals surface area contributed by atoms with Crippen LogP contribution in [-0.4, -0.2) is 26.9 Å². The first-order valence-corrected chi connectivity index (χ1v) is 7.87. The van der Waals surface area contributed by atoms with E-state index < -0.39 is 0 Å². The monoisotopic (exact) mass is 266 g/mol. The quantitative estimate of drug-likeness (QED) is 0.439. The van der Waals surface area contributed by atoms with E-state index in [1.54, 1.807) is 7.11 Å². The zero-order chi connectivity index (χ0) is 13.8. The lowest BCUT2D eigenvalue weighted by Gasteiger charge is -2.27. The van der Waals surface area contributed by atoms with Gasteiger partial charge in [0.15, 0.2) is 0 Å². The molecule has 0 aromatic rings. The molecule has 0 aromatic carbocycles. The van der Waals surface area contributed by atoms with Gasteiger partial charge in [-0.25, -0.2) is 0 Å². The van der Waals surface area contributed by atoms with Crippen molar-refractivity contribution >= 4 is 0 Å². The molecule has 0 atom stereocenters. The lowest BCUT2D eigenvalue weighted by molar-refractivity contribution is 0.0609. The van der Waals surface area contributed by atoms with Crippen molar-refractivity contribution in [2.45, 2.75) is 57.8 Å². The zero-order valence-corrected chi connectivity index (χ0v) is 12.5. The van der Waals surface area contributed by atoms with Crippen molar-refractivity contribution in [3.63, 3.8) is 0 Å². The largest absolute Gasteiger partial charge is 0.384 e. The van der Waals surface area contributed by atoms with Gasteiger partial charge < -0.3 is 9.47 Å². The van der Waals surface area contributed by atoms with E-state index in [-0.39, 0.29) is 0 Å². The van der Waals surface area contributed by atoms with Crippen LogP contribution in [0.25, 0.3) is 0 Å². The van der Waals surface area contributed by atoms with Gasteiger partial charge >= 0.3 is 0 Å². The molecule has 0 saturated heterocycles. The smallest absolute Gasteiger partial charge is 0.0494 e. The van der Waals surface area contributed by atoms with Gasteiger partial charge in [0.05, 0.1) is 0 Å². The highest BCUT2D eigenvalue weighted by Crippen LogP contribution is 2.29. The minimum absolute atomic E-state index is 0.787.